The molecule has 0 heterocycles. The minimum absolute atomic E-state index is 0.0915. The Bertz CT molecular complexity index is 499. The van der Waals surface area contributed by atoms with Crippen LogP contribution < -0.4 is 5.32 Å². The Morgan fingerprint density at radius 3 is 2.45 bits per heavy atom. The number of benzene rings is 1. The number of amides is 1. The van der Waals surface area contributed by atoms with Gasteiger partial charge in [0.1, 0.15) is 6.10 Å². The highest BCUT2D eigenvalue weighted by molar-refractivity contribution is 5.94. The van der Waals surface area contributed by atoms with Gasteiger partial charge in [-0.3, -0.25) is 9.59 Å². The SMILES string of the molecule is CC(=O)NCCC(O)C(O)c1cc(C(C)=O)ccc1C. The van der Waals surface area contributed by atoms with Crippen molar-refractivity contribution in [3.63, 3.8) is 0 Å². The lowest BCUT2D eigenvalue weighted by Crippen LogP contribution is -2.28. The summed E-state index contributed by atoms with van der Waals surface area (Å²) in [7, 11) is 0. The van der Waals surface area contributed by atoms with Crippen molar-refractivity contribution in [1.29, 1.82) is 0 Å². The summed E-state index contributed by atoms with van der Waals surface area (Å²) in [6, 6.07) is 5.04. The highest BCUT2D eigenvalue weighted by Gasteiger charge is 2.20. The van der Waals surface area contributed by atoms with Crippen LogP contribution >= 0.6 is 0 Å². The van der Waals surface area contributed by atoms with Crippen LogP contribution in [0.15, 0.2) is 18.2 Å². The van der Waals surface area contributed by atoms with Gasteiger partial charge in [0.05, 0.1) is 6.10 Å². The summed E-state index contributed by atoms with van der Waals surface area (Å²) >= 11 is 0. The number of carbonyl (C=O) groups excluding carboxylic acids is 2. The zero-order chi connectivity index (χ0) is 15.3. The van der Waals surface area contributed by atoms with E-state index in [1.165, 1.54) is 13.8 Å². The molecule has 1 aromatic rings. The molecule has 2 atom stereocenters. The van der Waals surface area contributed by atoms with Crippen molar-refractivity contribution in [1.82, 2.24) is 5.32 Å². The van der Waals surface area contributed by atoms with E-state index in [1.54, 1.807) is 18.2 Å². The Morgan fingerprint density at radius 2 is 1.90 bits per heavy atom. The van der Waals surface area contributed by atoms with E-state index in [1.807, 2.05) is 6.92 Å². The maximum atomic E-state index is 11.4. The van der Waals surface area contributed by atoms with Crippen molar-refractivity contribution in [3.8, 4) is 0 Å². The molecule has 20 heavy (non-hydrogen) atoms. The van der Waals surface area contributed by atoms with E-state index in [0.717, 1.165) is 5.56 Å². The highest BCUT2D eigenvalue weighted by atomic mass is 16.3. The van der Waals surface area contributed by atoms with Crippen LogP contribution in [0.1, 0.15) is 47.9 Å². The van der Waals surface area contributed by atoms with Crippen molar-refractivity contribution in [2.45, 2.75) is 39.4 Å². The molecular formula is C15H21NO4. The third kappa shape index (κ3) is 4.43. The lowest BCUT2D eigenvalue weighted by molar-refractivity contribution is -0.119. The van der Waals surface area contributed by atoms with Gasteiger partial charge in [0.2, 0.25) is 5.91 Å². The molecule has 0 saturated carbocycles. The average Bonchev–Trinajstić information content (AvgIpc) is 2.37. The van der Waals surface area contributed by atoms with Gasteiger partial charge in [-0.2, -0.15) is 0 Å². The molecule has 1 rings (SSSR count). The smallest absolute Gasteiger partial charge is 0.216 e. The molecular weight excluding hydrogens is 258 g/mol. The molecule has 2 unspecified atom stereocenters. The van der Waals surface area contributed by atoms with Crippen molar-refractivity contribution in [2.24, 2.45) is 0 Å². The van der Waals surface area contributed by atoms with Crippen LogP contribution in [0, 0.1) is 6.92 Å². The van der Waals surface area contributed by atoms with E-state index in [2.05, 4.69) is 5.32 Å². The molecule has 0 aliphatic heterocycles. The van der Waals surface area contributed by atoms with Crippen LogP contribution in [0.4, 0.5) is 0 Å². The molecule has 0 bridgehead atoms. The molecule has 3 N–H and O–H groups in total. The number of rotatable bonds is 6. The van der Waals surface area contributed by atoms with E-state index in [0.29, 0.717) is 17.7 Å². The van der Waals surface area contributed by atoms with Crippen molar-refractivity contribution >= 4 is 11.7 Å². The number of hydrogen-bond donors (Lipinski definition) is 3. The second-order valence-electron chi connectivity index (χ2n) is 4.91. The Balaban J connectivity index is 2.79. The minimum atomic E-state index is -1.08. The zero-order valence-corrected chi connectivity index (χ0v) is 12.0. The molecule has 0 aliphatic rings. The quantitative estimate of drug-likeness (QED) is 0.681. The second-order valence-corrected chi connectivity index (χ2v) is 4.91. The van der Waals surface area contributed by atoms with Crippen LogP contribution in [0.3, 0.4) is 0 Å². The summed E-state index contributed by atoms with van der Waals surface area (Å²) in [5.74, 6) is -0.271. The van der Waals surface area contributed by atoms with Gasteiger partial charge in [-0.05, 0) is 37.5 Å². The fourth-order valence-electron chi connectivity index (χ4n) is 1.94. The number of aliphatic hydroxyl groups is 2. The van der Waals surface area contributed by atoms with E-state index in [4.69, 9.17) is 0 Å². The summed E-state index contributed by atoms with van der Waals surface area (Å²) in [5.41, 5.74) is 1.84. The zero-order valence-electron chi connectivity index (χ0n) is 12.0. The summed E-state index contributed by atoms with van der Waals surface area (Å²) in [4.78, 5) is 22.1. The van der Waals surface area contributed by atoms with Crippen molar-refractivity contribution in [3.05, 3.63) is 34.9 Å². The first-order valence-corrected chi connectivity index (χ1v) is 6.55. The van der Waals surface area contributed by atoms with Gasteiger partial charge in [0.15, 0.2) is 5.78 Å². The average molecular weight is 279 g/mol. The number of nitrogens with one attached hydrogen (secondary N) is 1. The van der Waals surface area contributed by atoms with E-state index < -0.39 is 12.2 Å². The van der Waals surface area contributed by atoms with Crippen molar-refractivity contribution in [2.75, 3.05) is 6.54 Å². The van der Waals surface area contributed by atoms with Crippen LogP contribution in [0.5, 0.6) is 0 Å². The fraction of sp³-hybridized carbons (Fsp3) is 0.467. The lowest BCUT2D eigenvalue weighted by Gasteiger charge is -2.20. The summed E-state index contributed by atoms with van der Waals surface area (Å²) < 4.78 is 0. The number of hydrogen-bond acceptors (Lipinski definition) is 4. The molecule has 110 valence electrons. The first-order chi connectivity index (χ1) is 9.32. The Labute approximate surface area is 118 Å². The van der Waals surface area contributed by atoms with E-state index in [9.17, 15) is 19.8 Å². The highest BCUT2D eigenvalue weighted by Crippen LogP contribution is 2.23. The summed E-state index contributed by atoms with van der Waals surface area (Å²) in [6.07, 6.45) is -1.84. The van der Waals surface area contributed by atoms with E-state index in [-0.39, 0.29) is 18.1 Å². The first-order valence-electron chi connectivity index (χ1n) is 6.55. The summed E-state index contributed by atoms with van der Waals surface area (Å²) in [6.45, 7) is 4.94. The van der Waals surface area contributed by atoms with Gasteiger partial charge in [-0.1, -0.05) is 12.1 Å². The van der Waals surface area contributed by atoms with Gasteiger partial charge in [0.25, 0.3) is 0 Å². The standard InChI is InChI=1S/C15H21NO4/c1-9-4-5-12(10(2)17)8-13(9)15(20)14(19)6-7-16-11(3)18/h4-5,8,14-15,19-20H,6-7H2,1-3H3,(H,16,18). The number of Topliss-reactive ketones (excluding diaryl/α,β-unsaturated/α-hetero) is 1. The van der Waals surface area contributed by atoms with Gasteiger partial charge >= 0.3 is 0 Å². The van der Waals surface area contributed by atoms with Gasteiger partial charge < -0.3 is 15.5 Å². The van der Waals surface area contributed by atoms with Gasteiger partial charge in [0, 0.05) is 19.0 Å². The third-order valence-corrected chi connectivity index (χ3v) is 3.18. The molecule has 0 radical (unpaired) electrons. The third-order valence-electron chi connectivity index (χ3n) is 3.18. The fourth-order valence-corrected chi connectivity index (χ4v) is 1.94. The Morgan fingerprint density at radius 1 is 1.25 bits per heavy atom. The predicted octanol–water partition coefficient (Wildman–Crippen LogP) is 1.12. The Hall–Kier alpha value is -1.72. The Kier molecular flexibility index (Phi) is 5.85. The molecule has 0 spiro atoms. The second kappa shape index (κ2) is 7.17. The predicted molar refractivity (Wildman–Crippen MR) is 75.5 cm³/mol. The van der Waals surface area contributed by atoms with Crippen LogP contribution in [0.25, 0.3) is 0 Å². The molecule has 0 aromatic heterocycles. The number of aliphatic hydroxyl groups excluding tert-OH is 2. The van der Waals surface area contributed by atoms with Crippen molar-refractivity contribution < 1.29 is 19.8 Å². The lowest BCUT2D eigenvalue weighted by atomic mass is 9.95. The maximum absolute atomic E-state index is 11.4. The molecule has 1 amide bonds. The van der Waals surface area contributed by atoms with Gasteiger partial charge in [-0.25, -0.2) is 0 Å². The van der Waals surface area contributed by atoms with E-state index >= 15 is 0 Å². The molecule has 0 fully saturated rings. The first kappa shape index (κ1) is 16.3. The minimum Gasteiger partial charge on any atom is -0.390 e. The summed E-state index contributed by atoms with van der Waals surface area (Å²) in [5, 5.41) is 22.7. The van der Waals surface area contributed by atoms with Crippen LogP contribution in [0.2, 0.25) is 0 Å². The largest absolute Gasteiger partial charge is 0.390 e. The number of carbonyl (C=O) groups is 2. The number of aryl methyl sites for hydroxylation is 1. The number of ketones is 1. The van der Waals surface area contributed by atoms with Crippen LogP contribution in [-0.2, 0) is 4.79 Å². The topological polar surface area (TPSA) is 86.6 Å². The normalized spacial score (nSPS) is 13.7. The van der Waals surface area contributed by atoms with Crippen LogP contribution in [-0.4, -0.2) is 34.6 Å². The molecule has 5 heteroatoms. The maximum Gasteiger partial charge on any atom is 0.216 e. The molecule has 0 aliphatic carbocycles. The molecule has 5 nitrogen and oxygen atoms in total. The monoisotopic (exact) mass is 279 g/mol. The van der Waals surface area contributed by atoms with Gasteiger partial charge in [-0.15, -0.1) is 0 Å². The molecule has 1 aromatic carbocycles. The molecule has 0 saturated heterocycles.